The Morgan fingerprint density at radius 3 is 2.64 bits per heavy atom. The molecule has 2 rings (SSSR count). The van der Waals surface area contributed by atoms with E-state index < -0.39 is 11.6 Å². The van der Waals surface area contributed by atoms with E-state index in [4.69, 9.17) is 0 Å². The van der Waals surface area contributed by atoms with E-state index in [1.165, 1.54) is 11.3 Å². The van der Waals surface area contributed by atoms with Gasteiger partial charge in [0.25, 0.3) is 0 Å². The van der Waals surface area contributed by atoms with E-state index in [1.54, 1.807) is 6.07 Å². The van der Waals surface area contributed by atoms with Crippen LogP contribution in [0.2, 0.25) is 0 Å². The van der Waals surface area contributed by atoms with Crippen LogP contribution < -0.4 is 0 Å². The standard InChI is InChI=1S/C9H4BrF2NS/c10-5-1-8(14-4-5)9-7(12)2-6(11)3-13-9/h1-4H. The molecule has 0 bridgehead atoms. The molecule has 0 aliphatic heterocycles. The van der Waals surface area contributed by atoms with Crippen molar-refractivity contribution in [1.29, 1.82) is 0 Å². The van der Waals surface area contributed by atoms with Crippen molar-refractivity contribution in [3.63, 3.8) is 0 Å². The van der Waals surface area contributed by atoms with Gasteiger partial charge in [0.2, 0.25) is 0 Å². The van der Waals surface area contributed by atoms with E-state index in [0.29, 0.717) is 4.88 Å². The van der Waals surface area contributed by atoms with Gasteiger partial charge in [-0.25, -0.2) is 13.8 Å². The Kier molecular flexibility index (Phi) is 2.60. The van der Waals surface area contributed by atoms with Crippen molar-refractivity contribution in [2.75, 3.05) is 0 Å². The average Bonchev–Trinajstić information content (AvgIpc) is 2.51. The maximum Gasteiger partial charge on any atom is 0.153 e. The molecule has 0 fully saturated rings. The second-order valence-corrected chi connectivity index (χ2v) is 4.44. The van der Waals surface area contributed by atoms with Crippen LogP contribution in [0.1, 0.15) is 0 Å². The Morgan fingerprint density at radius 1 is 1.29 bits per heavy atom. The summed E-state index contributed by atoms with van der Waals surface area (Å²) >= 11 is 4.61. The topological polar surface area (TPSA) is 12.9 Å². The van der Waals surface area contributed by atoms with Gasteiger partial charge in [0.05, 0.1) is 11.1 Å². The highest BCUT2D eigenvalue weighted by atomic mass is 79.9. The molecule has 5 heteroatoms. The molecule has 14 heavy (non-hydrogen) atoms. The van der Waals surface area contributed by atoms with Gasteiger partial charge in [-0.3, -0.25) is 0 Å². The Balaban J connectivity index is 2.52. The number of nitrogens with zero attached hydrogens (tertiary/aromatic N) is 1. The van der Waals surface area contributed by atoms with E-state index in [1.807, 2.05) is 5.38 Å². The fraction of sp³-hybridized carbons (Fsp3) is 0. The lowest BCUT2D eigenvalue weighted by atomic mass is 10.3. The Hall–Kier alpha value is -0.810. The number of thiophene rings is 1. The van der Waals surface area contributed by atoms with Gasteiger partial charge in [0.15, 0.2) is 5.82 Å². The summed E-state index contributed by atoms with van der Waals surface area (Å²) in [6.45, 7) is 0. The lowest BCUT2D eigenvalue weighted by Crippen LogP contribution is -1.88. The van der Waals surface area contributed by atoms with Crippen LogP contribution in [-0.2, 0) is 0 Å². The van der Waals surface area contributed by atoms with Crippen LogP contribution in [0.15, 0.2) is 28.2 Å². The Bertz CT molecular complexity index is 470. The first-order valence-electron chi connectivity index (χ1n) is 3.72. The highest BCUT2D eigenvalue weighted by Gasteiger charge is 2.09. The van der Waals surface area contributed by atoms with Gasteiger partial charge in [0, 0.05) is 15.9 Å². The monoisotopic (exact) mass is 275 g/mol. The molecule has 72 valence electrons. The fourth-order valence-corrected chi connectivity index (χ4v) is 2.46. The molecule has 2 aromatic heterocycles. The fourth-order valence-electron chi connectivity index (χ4n) is 1.03. The lowest BCUT2D eigenvalue weighted by molar-refractivity contribution is 0.576. The van der Waals surface area contributed by atoms with Gasteiger partial charge >= 0.3 is 0 Å². The SMILES string of the molecule is Fc1cnc(-c2cc(Br)cs2)c(F)c1. The third-order valence-corrected chi connectivity index (χ3v) is 3.31. The molecule has 0 amide bonds. The summed E-state index contributed by atoms with van der Waals surface area (Å²) in [5.74, 6) is -1.30. The maximum atomic E-state index is 13.2. The molecule has 0 saturated carbocycles. The zero-order valence-electron chi connectivity index (χ0n) is 6.80. The summed E-state index contributed by atoms with van der Waals surface area (Å²) in [6, 6.07) is 2.57. The summed E-state index contributed by atoms with van der Waals surface area (Å²) in [7, 11) is 0. The van der Waals surface area contributed by atoms with Crippen LogP contribution >= 0.6 is 27.3 Å². The predicted octanol–water partition coefficient (Wildman–Crippen LogP) is 3.85. The molecule has 0 N–H and O–H groups in total. The molecule has 0 aliphatic rings. The quantitative estimate of drug-likeness (QED) is 0.771. The van der Waals surface area contributed by atoms with E-state index in [-0.39, 0.29) is 5.69 Å². The number of rotatable bonds is 1. The molecular weight excluding hydrogens is 272 g/mol. The first-order chi connectivity index (χ1) is 6.66. The highest BCUT2D eigenvalue weighted by molar-refractivity contribution is 9.10. The summed E-state index contributed by atoms with van der Waals surface area (Å²) in [5, 5.41) is 1.82. The molecule has 1 nitrogen and oxygen atoms in total. The molecule has 0 atom stereocenters. The van der Waals surface area contributed by atoms with E-state index in [0.717, 1.165) is 16.7 Å². The number of hydrogen-bond donors (Lipinski definition) is 0. The van der Waals surface area contributed by atoms with Crippen LogP contribution in [0, 0.1) is 11.6 Å². The first-order valence-corrected chi connectivity index (χ1v) is 5.39. The van der Waals surface area contributed by atoms with Crippen molar-refractivity contribution in [3.05, 3.63) is 39.8 Å². The summed E-state index contributed by atoms with van der Waals surface area (Å²) in [6.07, 6.45) is 1.01. The minimum atomic E-state index is -0.665. The van der Waals surface area contributed by atoms with Crippen LogP contribution in [0.4, 0.5) is 8.78 Å². The number of aromatic nitrogens is 1. The van der Waals surface area contributed by atoms with E-state index >= 15 is 0 Å². The van der Waals surface area contributed by atoms with Crippen LogP contribution in [0.25, 0.3) is 10.6 Å². The second kappa shape index (κ2) is 3.74. The number of hydrogen-bond acceptors (Lipinski definition) is 2. The molecule has 0 aliphatic carbocycles. The van der Waals surface area contributed by atoms with Gasteiger partial charge in [-0.15, -0.1) is 11.3 Å². The molecular formula is C9H4BrF2NS. The lowest BCUT2D eigenvalue weighted by Gasteiger charge is -1.97. The highest BCUT2D eigenvalue weighted by Crippen LogP contribution is 2.30. The largest absolute Gasteiger partial charge is 0.249 e. The van der Waals surface area contributed by atoms with Crippen molar-refractivity contribution < 1.29 is 8.78 Å². The van der Waals surface area contributed by atoms with Gasteiger partial charge < -0.3 is 0 Å². The molecule has 0 unspecified atom stereocenters. The van der Waals surface area contributed by atoms with Gasteiger partial charge in [-0.1, -0.05) is 0 Å². The Labute approximate surface area is 91.5 Å². The number of pyridine rings is 1. The first kappa shape index (κ1) is 9.73. The van der Waals surface area contributed by atoms with Crippen molar-refractivity contribution in [1.82, 2.24) is 4.98 Å². The van der Waals surface area contributed by atoms with Crippen molar-refractivity contribution in [2.45, 2.75) is 0 Å². The summed E-state index contributed by atoms with van der Waals surface area (Å²) in [5.41, 5.74) is 0.183. The van der Waals surface area contributed by atoms with Gasteiger partial charge in [0.1, 0.15) is 11.5 Å². The third kappa shape index (κ3) is 1.83. The predicted molar refractivity (Wildman–Crippen MR) is 55.2 cm³/mol. The van der Waals surface area contributed by atoms with E-state index in [2.05, 4.69) is 20.9 Å². The third-order valence-electron chi connectivity index (χ3n) is 1.61. The minimum absolute atomic E-state index is 0.183. The van der Waals surface area contributed by atoms with Crippen molar-refractivity contribution >= 4 is 27.3 Å². The normalized spacial score (nSPS) is 10.5. The average molecular weight is 276 g/mol. The molecule has 0 aromatic carbocycles. The van der Waals surface area contributed by atoms with Gasteiger partial charge in [-0.05, 0) is 22.0 Å². The molecule has 2 heterocycles. The molecule has 0 saturated heterocycles. The smallest absolute Gasteiger partial charge is 0.153 e. The minimum Gasteiger partial charge on any atom is -0.249 e. The van der Waals surface area contributed by atoms with E-state index in [9.17, 15) is 8.78 Å². The maximum absolute atomic E-state index is 13.2. The Morgan fingerprint density at radius 2 is 2.07 bits per heavy atom. The zero-order chi connectivity index (χ0) is 10.1. The number of halogens is 3. The van der Waals surface area contributed by atoms with Crippen LogP contribution in [0.3, 0.4) is 0 Å². The molecule has 0 radical (unpaired) electrons. The van der Waals surface area contributed by atoms with Crippen LogP contribution in [-0.4, -0.2) is 4.98 Å². The second-order valence-electron chi connectivity index (χ2n) is 2.61. The van der Waals surface area contributed by atoms with Crippen LogP contribution in [0.5, 0.6) is 0 Å². The zero-order valence-corrected chi connectivity index (χ0v) is 9.20. The molecule has 0 spiro atoms. The summed E-state index contributed by atoms with van der Waals surface area (Å²) < 4.78 is 26.7. The summed E-state index contributed by atoms with van der Waals surface area (Å²) in [4.78, 5) is 4.38. The molecule has 2 aromatic rings. The van der Waals surface area contributed by atoms with Crippen molar-refractivity contribution in [3.8, 4) is 10.6 Å². The van der Waals surface area contributed by atoms with Crippen molar-refractivity contribution in [2.24, 2.45) is 0 Å². The van der Waals surface area contributed by atoms with Gasteiger partial charge in [-0.2, -0.15) is 0 Å².